The zero-order chi connectivity index (χ0) is 16.1. The average molecular weight is 321 g/mol. The van der Waals surface area contributed by atoms with Gasteiger partial charge in [0.15, 0.2) is 0 Å². The Labute approximate surface area is 138 Å². The lowest BCUT2D eigenvalue weighted by atomic mass is 10.1. The van der Waals surface area contributed by atoms with E-state index in [0.29, 0.717) is 0 Å². The molecule has 1 aliphatic heterocycles. The van der Waals surface area contributed by atoms with Crippen molar-refractivity contribution in [2.24, 2.45) is 5.73 Å². The number of nitrogens with two attached hydrogens (primary N) is 1. The van der Waals surface area contributed by atoms with Crippen LogP contribution in [0.15, 0.2) is 18.2 Å². The minimum absolute atomic E-state index is 0.106. The molecule has 0 bridgehead atoms. The third kappa shape index (κ3) is 3.96. The number of anilines is 1. The fourth-order valence-electron chi connectivity index (χ4n) is 2.85. The van der Waals surface area contributed by atoms with Gasteiger partial charge in [-0.15, -0.1) is 0 Å². The monoisotopic (exact) mass is 321 g/mol. The summed E-state index contributed by atoms with van der Waals surface area (Å²) in [5.74, 6) is 1.05. The third-order valence-corrected chi connectivity index (χ3v) is 5.10. The van der Waals surface area contributed by atoms with E-state index < -0.39 is 0 Å². The number of carbonyl (C=O) groups excluding carboxylic acids is 1. The number of amides is 1. The van der Waals surface area contributed by atoms with E-state index in [4.69, 9.17) is 5.73 Å². The Morgan fingerprint density at radius 1 is 1.27 bits per heavy atom. The van der Waals surface area contributed by atoms with Crippen LogP contribution < -0.4 is 10.6 Å². The molecule has 1 aliphatic rings. The van der Waals surface area contributed by atoms with Gasteiger partial charge in [0.05, 0.1) is 6.04 Å². The van der Waals surface area contributed by atoms with Crippen LogP contribution in [0.5, 0.6) is 0 Å². The van der Waals surface area contributed by atoms with E-state index in [-0.39, 0.29) is 11.9 Å². The van der Waals surface area contributed by atoms with E-state index in [0.717, 1.165) is 38.4 Å². The molecule has 1 amide bonds. The molecule has 2 N–H and O–H groups in total. The van der Waals surface area contributed by atoms with Crippen LogP contribution in [-0.2, 0) is 4.79 Å². The average Bonchev–Trinajstić information content (AvgIpc) is 2.54. The zero-order valence-electron chi connectivity index (χ0n) is 13.8. The first-order chi connectivity index (χ1) is 10.5. The van der Waals surface area contributed by atoms with E-state index >= 15 is 0 Å². The Kier molecular flexibility index (Phi) is 6.15. The van der Waals surface area contributed by atoms with Crippen LogP contribution in [0.25, 0.3) is 0 Å². The molecule has 1 atom stereocenters. The zero-order valence-corrected chi connectivity index (χ0v) is 14.7. The number of carbonyl (C=O) groups is 1. The van der Waals surface area contributed by atoms with E-state index in [1.165, 1.54) is 16.8 Å². The molecular formula is C17H27N3OS. The molecule has 0 aliphatic carbocycles. The highest BCUT2D eigenvalue weighted by Gasteiger charge is 2.25. The predicted molar refractivity (Wildman–Crippen MR) is 95.7 cm³/mol. The van der Waals surface area contributed by atoms with Crippen LogP contribution >= 0.6 is 11.8 Å². The molecule has 1 heterocycles. The van der Waals surface area contributed by atoms with Gasteiger partial charge in [-0.3, -0.25) is 4.79 Å². The van der Waals surface area contributed by atoms with Gasteiger partial charge in [0, 0.05) is 31.9 Å². The number of benzene rings is 1. The first-order valence-electron chi connectivity index (χ1n) is 7.89. The number of rotatable bonds is 5. The summed E-state index contributed by atoms with van der Waals surface area (Å²) in [7, 11) is 0. The third-order valence-electron chi connectivity index (χ3n) is 4.46. The standard InChI is InChI=1S/C17H27N3OS/c1-13-5-4-6-16(14(13)2)19-8-10-20(11-9-19)17(21)15(18)7-12-22-3/h4-6,15H,7-12,18H2,1-3H3/t15-/m0/s1. The number of hydrogen-bond donors (Lipinski definition) is 1. The van der Waals surface area contributed by atoms with Crippen LogP contribution in [0.1, 0.15) is 17.5 Å². The van der Waals surface area contributed by atoms with Crippen molar-refractivity contribution in [2.45, 2.75) is 26.3 Å². The van der Waals surface area contributed by atoms with Crippen molar-refractivity contribution in [3.63, 3.8) is 0 Å². The van der Waals surface area contributed by atoms with Gasteiger partial charge in [0.2, 0.25) is 5.91 Å². The second kappa shape index (κ2) is 7.88. The lowest BCUT2D eigenvalue weighted by Crippen LogP contribution is -2.53. The van der Waals surface area contributed by atoms with Gasteiger partial charge >= 0.3 is 0 Å². The van der Waals surface area contributed by atoms with E-state index in [1.54, 1.807) is 11.8 Å². The van der Waals surface area contributed by atoms with Crippen molar-refractivity contribution < 1.29 is 4.79 Å². The molecule has 5 heteroatoms. The lowest BCUT2D eigenvalue weighted by Gasteiger charge is -2.38. The van der Waals surface area contributed by atoms with Gasteiger partial charge < -0.3 is 15.5 Å². The highest BCUT2D eigenvalue weighted by molar-refractivity contribution is 7.98. The Hall–Kier alpha value is -1.20. The molecule has 1 fully saturated rings. The highest BCUT2D eigenvalue weighted by atomic mass is 32.2. The van der Waals surface area contributed by atoms with E-state index in [1.807, 2.05) is 11.2 Å². The molecule has 1 aromatic rings. The molecule has 0 unspecified atom stereocenters. The SMILES string of the molecule is CSCC[C@H](N)C(=O)N1CCN(c2cccc(C)c2C)CC1. The van der Waals surface area contributed by atoms with Crippen LogP contribution in [0.4, 0.5) is 5.69 Å². The maximum atomic E-state index is 12.3. The summed E-state index contributed by atoms with van der Waals surface area (Å²) in [4.78, 5) is 16.6. The van der Waals surface area contributed by atoms with Crippen molar-refractivity contribution in [2.75, 3.05) is 43.1 Å². The number of nitrogens with zero attached hydrogens (tertiary/aromatic N) is 2. The van der Waals surface area contributed by atoms with Crippen LogP contribution in [0.3, 0.4) is 0 Å². The maximum absolute atomic E-state index is 12.3. The Morgan fingerprint density at radius 3 is 2.59 bits per heavy atom. The summed E-state index contributed by atoms with van der Waals surface area (Å²) >= 11 is 1.74. The summed E-state index contributed by atoms with van der Waals surface area (Å²) in [6.45, 7) is 7.60. The number of thioether (sulfide) groups is 1. The van der Waals surface area contributed by atoms with Gasteiger partial charge in [-0.2, -0.15) is 11.8 Å². The largest absolute Gasteiger partial charge is 0.368 e. The van der Waals surface area contributed by atoms with Gasteiger partial charge in [-0.25, -0.2) is 0 Å². The molecule has 122 valence electrons. The number of piperazine rings is 1. The van der Waals surface area contributed by atoms with Crippen LogP contribution in [0.2, 0.25) is 0 Å². The van der Waals surface area contributed by atoms with Crippen molar-refractivity contribution >= 4 is 23.4 Å². The summed E-state index contributed by atoms with van der Waals surface area (Å²) in [6.07, 6.45) is 2.80. The molecule has 0 saturated carbocycles. The fraction of sp³-hybridized carbons (Fsp3) is 0.588. The van der Waals surface area contributed by atoms with Crippen molar-refractivity contribution in [1.29, 1.82) is 0 Å². The van der Waals surface area contributed by atoms with Gasteiger partial charge in [0.1, 0.15) is 0 Å². The van der Waals surface area contributed by atoms with Crippen LogP contribution in [0, 0.1) is 13.8 Å². The molecule has 1 aromatic carbocycles. The summed E-state index contributed by atoms with van der Waals surface area (Å²) in [5, 5.41) is 0. The van der Waals surface area contributed by atoms with Crippen molar-refractivity contribution in [3.05, 3.63) is 29.3 Å². The quantitative estimate of drug-likeness (QED) is 0.901. The summed E-state index contributed by atoms with van der Waals surface area (Å²) in [6, 6.07) is 6.07. The molecule has 0 spiro atoms. The van der Waals surface area contributed by atoms with E-state index in [9.17, 15) is 4.79 Å². The minimum Gasteiger partial charge on any atom is -0.368 e. The highest BCUT2D eigenvalue weighted by Crippen LogP contribution is 2.24. The molecule has 22 heavy (non-hydrogen) atoms. The Bertz CT molecular complexity index is 513. The van der Waals surface area contributed by atoms with E-state index in [2.05, 4.69) is 36.9 Å². The minimum atomic E-state index is -0.347. The normalized spacial score (nSPS) is 16.7. The molecule has 0 aromatic heterocycles. The smallest absolute Gasteiger partial charge is 0.239 e. The van der Waals surface area contributed by atoms with Gasteiger partial charge in [-0.1, -0.05) is 12.1 Å². The van der Waals surface area contributed by atoms with Gasteiger partial charge in [0.25, 0.3) is 0 Å². The summed E-state index contributed by atoms with van der Waals surface area (Å²) in [5.41, 5.74) is 9.94. The van der Waals surface area contributed by atoms with Crippen molar-refractivity contribution in [1.82, 2.24) is 4.90 Å². The molecule has 1 saturated heterocycles. The lowest BCUT2D eigenvalue weighted by molar-refractivity contribution is -0.132. The predicted octanol–water partition coefficient (Wildman–Crippen LogP) is 2.03. The molecular weight excluding hydrogens is 294 g/mol. The molecule has 4 nitrogen and oxygen atoms in total. The first-order valence-corrected chi connectivity index (χ1v) is 9.28. The second-order valence-electron chi connectivity index (χ2n) is 5.92. The van der Waals surface area contributed by atoms with Crippen molar-refractivity contribution in [3.8, 4) is 0 Å². The van der Waals surface area contributed by atoms with Crippen LogP contribution in [-0.4, -0.2) is 55.0 Å². The number of aryl methyl sites for hydroxylation is 1. The Morgan fingerprint density at radius 2 is 1.95 bits per heavy atom. The number of hydrogen-bond acceptors (Lipinski definition) is 4. The second-order valence-corrected chi connectivity index (χ2v) is 6.90. The molecule has 2 rings (SSSR count). The summed E-state index contributed by atoms with van der Waals surface area (Å²) < 4.78 is 0. The topological polar surface area (TPSA) is 49.6 Å². The fourth-order valence-corrected chi connectivity index (χ4v) is 3.34. The van der Waals surface area contributed by atoms with Gasteiger partial charge in [-0.05, 0) is 49.5 Å². The first kappa shape index (κ1) is 17.2. The maximum Gasteiger partial charge on any atom is 0.239 e. The molecule has 0 radical (unpaired) electrons. The Balaban J connectivity index is 1.93.